The Hall–Kier alpha value is -1.42. The van der Waals surface area contributed by atoms with Crippen molar-refractivity contribution < 1.29 is 0 Å². The summed E-state index contributed by atoms with van der Waals surface area (Å²) in [5.41, 5.74) is 0.877. The topological polar surface area (TPSA) is 37.8 Å². The lowest BCUT2D eigenvalue weighted by Gasteiger charge is -2.22. The molecule has 1 aromatic carbocycles. The van der Waals surface area contributed by atoms with Gasteiger partial charge in [0.1, 0.15) is 0 Å². The summed E-state index contributed by atoms with van der Waals surface area (Å²) in [6.45, 7) is 0.763. The van der Waals surface area contributed by atoms with Crippen molar-refractivity contribution in [1.82, 2.24) is 9.55 Å². The van der Waals surface area contributed by atoms with E-state index < -0.39 is 0 Å². The second kappa shape index (κ2) is 5.29. The molecule has 100 valence electrons. The molecule has 2 aromatic rings. The van der Waals surface area contributed by atoms with Gasteiger partial charge in [-0.25, -0.2) is 0 Å². The van der Waals surface area contributed by atoms with E-state index in [1.54, 1.807) is 4.57 Å². The molecule has 0 aliphatic heterocycles. The fraction of sp³-hybridized carbons (Fsp3) is 0.467. The summed E-state index contributed by atoms with van der Waals surface area (Å²) in [6.07, 6.45) is 6.32. The Morgan fingerprint density at radius 3 is 2.74 bits per heavy atom. The van der Waals surface area contributed by atoms with Crippen LogP contribution in [0.1, 0.15) is 32.1 Å². The quantitative estimate of drug-likeness (QED) is 0.849. The van der Waals surface area contributed by atoms with E-state index in [1.165, 1.54) is 32.1 Å². The molecule has 1 heterocycles. The number of para-hydroxylation sites is 1. The molecule has 1 aromatic heterocycles. The average molecular weight is 274 g/mol. The number of benzene rings is 1. The number of aromatic nitrogens is 2. The van der Waals surface area contributed by atoms with Gasteiger partial charge in [0.2, 0.25) is 0 Å². The number of nitrogens with one attached hydrogen (secondary N) is 1. The molecule has 0 atom stereocenters. The van der Waals surface area contributed by atoms with Gasteiger partial charge in [0.25, 0.3) is 5.56 Å². The Bertz CT molecular complexity index is 695. The Kier molecular flexibility index (Phi) is 3.51. The summed E-state index contributed by atoms with van der Waals surface area (Å²) in [4.78, 5) is 15.7. The molecular weight excluding hydrogens is 256 g/mol. The maximum absolute atomic E-state index is 12.5. The molecule has 1 N–H and O–H groups in total. The zero-order valence-electron chi connectivity index (χ0n) is 10.9. The van der Waals surface area contributed by atoms with Gasteiger partial charge < -0.3 is 4.98 Å². The standard InChI is InChI=1S/C15H18N2OS/c18-14-12-8-4-5-9-13(12)16-15(19)17(14)10-11-6-2-1-3-7-11/h4-5,8-9,11H,1-3,6-7,10H2,(H,16,19). The average Bonchev–Trinajstić information content (AvgIpc) is 2.45. The van der Waals surface area contributed by atoms with Crippen molar-refractivity contribution in [2.24, 2.45) is 5.92 Å². The van der Waals surface area contributed by atoms with E-state index in [0.29, 0.717) is 10.7 Å². The molecule has 0 radical (unpaired) electrons. The lowest BCUT2D eigenvalue weighted by molar-refractivity contribution is 0.314. The SMILES string of the molecule is O=c1c2ccccc2[nH]c(=S)n1CC1CCCCC1. The van der Waals surface area contributed by atoms with Crippen molar-refractivity contribution in [1.29, 1.82) is 0 Å². The monoisotopic (exact) mass is 274 g/mol. The van der Waals surface area contributed by atoms with Gasteiger partial charge in [0, 0.05) is 6.54 Å². The zero-order chi connectivity index (χ0) is 13.2. The van der Waals surface area contributed by atoms with E-state index in [2.05, 4.69) is 4.98 Å². The number of nitrogens with zero attached hydrogens (tertiary/aromatic N) is 1. The van der Waals surface area contributed by atoms with Crippen LogP contribution < -0.4 is 5.56 Å². The highest BCUT2D eigenvalue weighted by atomic mass is 32.1. The number of rotatable bonds is 2. The van der Waals surface area contributed by atoms with Crippen LogP contribution in [0.3, 0.4) is 0 Å². The predicted molar refractivity (Wildman–Crippen MR) is 80.0 cm³/mol. The molecule has 1 saturated carbocycles. The second-order valence-electron chi connectivity index (χ2n) is 5.40. The number of hydrogen-bond acceptors (Lipinski definition) is 2. The van der Waals surface area contributed by atoms with Gasteiger partial charge >= 0.3 is 0 Å². The van der Waals surface area contributed by atoms with E-state index in [-0.39, 0.29) is 5.56 Å². The fourth-order valence-corrected chi connectivity index (χ4v) is 3.26. The molecule has 1 fully saturated rings. The first kappa shape index (κ1) is 12.6. The van der Waals surface area contributed by atoms with Crippen LogP contribution in [0.4, 0.5) is 0 Å². The largest absolute Gasteiger partial charge is 0.332 e. The van der Waals surface area contributed by atoms with Crippen LogP contribution in [0.15, 0.2) is 29.1 Å². The fourth-order valence-electron chi connectivity index (χ4n) is 2.99. The van der Waals surface area contributed by atoms with Gasteiger partial charge in [-0.3, -0.25) is 9.36 Å². The third-order valence-corrected chi connectivity index (χ3v) is 4.38. The van der Waals surface area contributed by atoms with Gasteiger partial charge in [-0.05, 0) is 43.1 Å². The molecule has 3 rings (SSSR count). The van der Waals surface area contributed by atoms with Crippen molar-refractivity contribution in [2.75, 3.05) is 0 Å². The first-order chi connectivity index (χ1) is 9.25. The van der Waals surface area contributed by atoms with Crippen molar-refractivity contribution in [3.63, 3.8) is 0 Å². The summed E-state index contributed by atoms with van der Waals surface area (Å²) >= 11 is 5.34. The zero-order valence-corrected chi connectivity index (χ0v) is 11.7. The molecule has 0 bridgehead atoms. The predicted octanol–water partition coefficient (Wildman–Crippen LogP) is 3.64. The number of aromatic amines is 1. The second-order valence-corrected chi connectivity index (χ2v) is 5.78. The number of hydrogen-bond donors (Lipinski definition) is 1. The molecule has 3 nitrogen and oxygen atoms in total. The smallest absolute Gasteiger partial charge is 0.262 e. The summed E-state index contributed by atoms with van der Waals surface area (Å²) in [5, 5.41) is 0.729. The maximum atomic E-state index is 12.5. The minimum atomic E-state index is 0.0462. The van der Waals surface area contributed by atoms with E-state index in [1.807, 2.05) is 24.3 Å². The van der Waals surface area contributed by atoms with Gasteiger partial charge in [-0.15, -0.1) is 0 Å². The van der Waals surface area contributed by atoms with Crippen molar-refractivity contribution >= 4 is 23.1 Å². The third kappa shape index (κ3) is 2.50. The molecule has 19 heavy (non-hydrogen) atoms. The summed E-state index contributed by atoms with van der Waals surface area (Å²) in [6, 6.07) is 7.57. The van der Waals surface area contributed by atoms with Crippen molar-refractivity contribution in [2.45, 2.75) is 38.6 Å². The van der Waals surface area contributed by atoms with Crippen molar-refractivity contribution in [3.8, 4) is 0 Å². The molecule has 0 unspecified atom stereocenters. The van der Waals surface area contributed by atoms with Crippen LogP contribution in [-0.4, -0.2) is 9.55 Å². The minimum Gasteiger partial charge on any atom is -0.332 e. The first-order valence-electron chi connectivity index (χ1n) is 6.97. The summed E-state index contributed by atoms with van der Waals surface area (Å²) < 4.78 is 2.29. The van der Waals surface area contributed by atoms with E-state index in [4.69, 9.17) is 12.2 Å². The van der Waals surface area contributed by atoms with Crippen LogP contribution >= 0.6 is 12.2 Å². The van der Waals surface area contributed by atoms with Crippen LogP contribution in [0.5, 0.6) is 0 Å². The molecule has 0 amide bonds. The number of fused-ring (bicyclic) bond motifs is 1. The van der Waals surface area contributed by atoms with E-state index >= 15 is 0 Å². The maximum Gasteiger partial charge on any atom is 0.262 e. The summed E-state index contributed by atoms with van der Waals surface area (Å²) in [7, 11) is 0. The van der Waals surface area contributed by atoms with Gasteiger partial charge in [-0.1, -0.05) is 31.4 Å². The molecule has 0 saturated heterocycles. The highest BCUT2D eigenvalue weighted by Crippen LogP contribution is 2.24. The lowest BCUT2D eigenvalue weighted by Crippen LogP contribution is -2.26. The normalized spacial score (nSPS) is 16.8. The molecular formula is C15H18N2OS. The van der Waals surface area contributed by atoms with Crippen molar-refractivity contribution in [3.05, 3.63) is 39.4 Å². The van der Waals surface area contributed by atoms with Gasteiger partial charge in [0.15, 0.2) is 4.77 Å². The van der Waals surface area contributed by atoms with Gasteiger partial charge in [0.05, 0.1) is 10.9 Å². The molecule has 1 aliphatic carbocycles. The minimum absolute atomic E-state index is 0.0462. The van der Waals surface area contributed by atoms with Crippen LogP contribution in [0.25, 0.3) is 10.9 Å². The molecule has 0 spiro atoms. The van der Waals surface area contributed by atoms with Crippen LogP contribution in [0, 0.1) is 10.7 Å². The van der Waals surface area contributed by atoms with Crippen LogP contribution in [-0.2, 0) is 6.54 Å². The lowest BCUT2D eigenvalue weighted by atomic mass is 9.89. The Morgan fingerprint density at radius 2 is 1.95 bits per heavy atom. The van der Waals surface area contributed by atoms with Gasteiger partial charge in [-0.2, -0.15) is 0 Å². The Labute approximate surface area is 117 Å². The van der Waals surface area contributed by atoms with Crippen LogP contribution in [0.2, 0.25) is 0 Å². The first-order valence-corrected chi connectivity index (χ1v) is 7.38. The summed E-state index contributed by atoms with van der Waals surface area (Å²) in [5.74, 6) is 0.600. The van der Waals surface area contributed by atoms with E-state index in [9.17, 15) is 4.79 Å². The Morgan fingerprint density at radius 1 is 1.21 bits per heavy atom. The third-order valence-electron chi connectivity index (χ3n) is 4.05. The van der Waals surface area contributed by atoms with E-state index in [0.717, 1.165) is 17.4 Å². The highest BCUT2D eigenvalue weighted by molar-refractivity contribution is 7.71. The Balaban J connectivity index is 2.03. The number of H-pyrrole nitrogens is 1. The highest BCUT2D eigenvalue weighted by Gasteiger charge is 2.15. The molecule has 1 aliphatic rings. The molecule has 4 heteroatoms.